The van der Waals surface area contributed by atoms with E-state index in [0.717, 1.165) is 74.1 Å². The van der Waals surface area contributed by atoms with Crippen molar-refractivity contribution in [2.75, 3.05) is 49.6 Å². The second kappa shape index (κ2) is 17.2. The van der Waals surface area contributed by atoms with Crippen molar-refractivity contribution in [2.24, 2.45) is 17.3 Å². The number of fused-ring (bicyclic) bond motifs is 1. The number of pyridine rings is 1. The molecule has 9 rings (SSSR count). The monoisotopic (exact) mass is 881 g/mol. The molecule has 0 bridgehead atoms. The lowest BCUT2D eigenvalue weighted by atomic mass is 9.66. The third-order valence-corrected chi connectivity index (χ3v) is 14.7. The summed E-state index contributed by atoms with van der Waals surface area (Å²) in [6, 6.07) is 20.1. The number of amides is 2. The van der Waals surface area contributed by atoms with E-state index in [0.29, 0.717) is 61.7 Å². The van der Waals surface area contributed by atoms with E-state index in [1.165, 1.54) is 24.4 Å². The number of carbonyl (C=O) groups is 2. The predicted octanol–water partition coefficient (Wildman–Crippen LogP) is 8.23. The van der Waals surface area contributed by atoms with E-state index >= 15 is 0 Å². The molecule has 15 nitrogen and oxygen atoms in total. The number of rotatable bonds is 13. The van der Waals surface area contributed by atoms with Crippen LogP contribution in [0, 0.1) is 27.4 Å². The predicted molar refractivity (Wildman–Crippen MR) is 234 cm³/mol. The van der Waals surface area contributed by atoms with Crippen molar-refractivity contribution >= 4 is 61.5 Å². The summed E-state index contributed by atoms with van der Waals surface area (Å²) < 4.78 is 41.1. The molecule has 2 aromatic heterocycles. The van der Waals surface area contributed by atoms with Gasteiger partial charge in [-0.3, -0.25) is 19.7 Å². The minimum atomic E-state index is -4.57. The Morgan fingerprint density at radius 2 is 1.74 bits per heavy atom. The minimum Gasteiger partial charge on any atom is -0.455 e. The zero-order valence-corrected chi connectivity index (χ0v) is 35.6. The smallest absolute Gasteiger partial charge is 0.293 e. The summed E-state index contributed by atoms with van der Waals surface area (Å²) in [5.74, 6) is 0.282. The lowest BCUT2D eigenvalue weighted by Crippen LogP contribution is -2.63. The number of nitrogens with zero attached hydrogens (tertiary/aromatic N) is 4. The lowest BCUT2D eigenvalue weighted by Gasteiger charge is -2.56. The van der Waals surface area contributed by atoms with E-state index in [-0.39, 0.29) is 40.3 Å². The minimum absolute atomic E-state index is 0.0497. The molecule has 62 heavy (non-hydrogen) atoms. The van der Waals surface area contributed by atoms with Crippen molar-refractivity contribution in [3.63, 3.8) is 0 Å². The molecule has 1 spiro atoms. The highest BCUT2D eigenvalue weighted by Gasteiger charge is 2.61. The highest BCUT2D eigenvalue weighted by molar-refractivity contribution is 7.90. The number of hydrogen-bond acceptors (Lipinski definition) is 11. The second-order valence-electron chi connectivity index (χ2n) is 16.9. The molecule has 2 amide bonds. The molecule has 3 aromatic carbocycles. The number of sulfonamides is 1. The Labute approximate surface area is 364 Å². The maximum atomic E-state index is 13.9. The van der Waals surface area contributed by atoms with Crippen molar-refractivity contribution in [3.05, 3.63) is 111 Å². The van der Waals surface area contributed by atoms with Crippen LogP contribution in [0.25, 0.3) is 11.0 Å². The molecule has 1 atom stereocenters. The van der Waals surface area contributed by atoms with Gasteiger partial charge in [-0.1, -0.05) is 36.6 Å². The number of aromatic amines is 1. The van der Waals surface area contributed by atoms with Crippen LogP contribution in [0.15, 0.2) is 90.1 Å². The third-order valence-electron chi connectivity index (χ3n) is 13.1. The fraction of sp³-hybridized carbons (Fsp3) is 0.400. The number of carbonyl (C=O) groups excluding carboxylic acids is 2. The molecule has 324 valence electrons. The number of aromatic nitrogens is 2. The van der Waals surface area contributed by atoms with Gasteiger partial charge in [0.2, 0.25) is 5.91 Å². The van der Waals surface area contributed by atoms with Crippen LogP contribution in [0.3, 0.4) is 0 Å². The summed E-state index contributed by atoms with van der Waals surface area (Å²) in [4.78, 5) is 50.4. The first kappa shape index (κ1) is 41.6. The van der Waals surface area contributed by atoms with Gasteiger partial charge in [0.25, 0.3) is 21.6 Å². The third kappa shape index (κ3) is 8.30. The molecule has 1 saturated carbocycles. The number of nitrogens with one attached hydrogen (secondary N) is 3. The van der Waals surface area contributed by atoms with Crippen molar-refractivity contribution < 1.29 is 32.4 Å². The fourth-order valence-electron chi connectivity index (χ4n) is 9.73. The summed E-state index contributed by atoms with van der Waals surface area (Å²) >= 11 is 6.23. The van der Waals surface area contributed by atoms with E-state index in [4.69, 9.17) is 21.1 Å². The van der Waals surface area contributed by atoms with Crippen LogP contribution in [0.4, 0.5) is 17.1 Å². The van der Waals surface area contributed by atoms with Gasteiger partial charge in [-0.2, -0.15) is 0 Å². The number of nitro groups is 1. The van der Waals surface area contributed by atoms with E-state index in [1.54, 1.807) is 24.4 Å². The number of piperidine rings is 1. The van der Waals surface area contributed by atoms with Crippen LogP contribution in [0.5, 0.6) is 11.5 Å². The maximum absolute atomic E-state index is 13.9. The van der Waals surface area contributed by atoms with Crippen LogP contribution in [-0.4, -0.2) is 79.4 Å². The van der Waals surface area contributed by atoms with Crippen molar-refractivity contribution in [1.82, 2.24) is 19.6 Å². The number of anilines is 2. The van der Waals surface area contributed by atoms with E-state index in [2.05, 4.69) is 41.9 Å². The van der Waals surface area contributed by atoms with Gasteiger partial charge in [-0.15, -0.1) is 0 Å². The van der Waals surface area contributed by atoms with Crippen molar-refractivity contribution in [3.8, 4) is 11.5 Å². The molecule has 5 aromatic rings. The van der Waals surface area contributed by atoms with Crippen LogP contribution >= 0.6 is 11.6 Å². The Morgan fingerprint density at radius 1 is 0.984 bits per heavy atom. The first-order valence-corrected chi connectivity index (χ1v) is 23.1. The Morgan fingerprint density at radius 3 is 2.48 bits per heavy atom. The molecule has 3 saturated heterocycles. The number of hydrogen-bond donors (Lipinski definition) is 3. The average molecular weight is 882 g/mol. The Kier molecular flexibility index (Phi) is 11.6. The van der Waals surface area contributed by atoms with Gasteiger partial charge >= 0.3 is 0 Å². The molecule has 0 radical (unpaired) electrons. The van der Waals surface area contributed by atoms with Crippen LogP contribution in [0.1, 0.15) is 73.3 Å². The van der Waals surface area contributed by atoms with Gasteiger partial charge in [0.05, 0.1) is 33.0 Å². The Balaban J connectivity index is 0.917. The normalized spacial score (nSPS) is 19.4. The lowest BCUT2D eigenvalue weighted by molar-refractivity contribution is -0.384. The molecule has 1 aliphatic carbocycles. The number of benzene rings is 3. The topological polar surface area (TPSA) is 189 Å². The van der Waals surface area contributed by atoms with Gasteiger partial charge in [-0.25, -0.2) is 18.1 Å². The van der Waals surface area contributed by atoms with Gasteiger partial charge < -0.3 is 29.6 Å². The standard InChI is InChI=1S/C45H48ClN7O8S/c46-33-5-3-31(4-6-33)41-45(16-1-2-17-45)44(55)52(41)28-30-12-19-51(20-13-30)34-7-9-37(40(24-34)61-35-23-32-11-18-47-42(32)49-27-35)43(54)50-62(58,59)36-8-10-38(39(25-36)53(56)57)48-26-29-14-21-60-22-15-29/h3-11,18,23-25,27,29-30,41,48H,1-2,12-17,19-22,26,28H2,(H,47,49)(H,50,54). The first-order chi connectivity index (χ1) is 30.0. The van der Waals surface area contributed by atoms with E-state index < -0.39 is 31.4 Å². The number of halogens is 1. The van der Waals surface area contributed by atoms with E-state index in [1.807, 2.05) is 18.2 Å². The number of likely N-dealkylation sites (tertiary alicyclic amines) is 1. The molecule has 5 heterocycles. The first-order valence-electron chi connectivity index (χ1n) is 21.2. The number of ether oxygens (including phenoxy) is 2. The number of β-lactam (4-membered cyclic amide) rings is 1. The summed E-state index contributed by atoms with van der Waals surface area (Å²) in [5, 5.41) is 16.6. The van der Waals surface area contributed by atoms with Gasteiger partial charge in [0, 0.05) is 73.8 Å². The highest BCUT2D eigenvalue weighted by atomic mass is 35.5. The SMILES string of the molecule is O=C(NS(=O)(=O)c1ccc(NCC2CCOCC2)c([N+](=O)[O-])c1)c1ccc(N2CCC(CN3C(=O)C4(CCCC4)C3c3ccc(Cl)cc3)CC2)cc1Oc1cnc2[nH]ccc2c1. The van der Waals surface area contributed by atoms with Crippen LogP contribution in [-0.2, 0) is 19.6 Å². The van der Waals surface area contributed by atoms with Crippen LogP contribution < -0.4 is 19.7 Å². The van der Waals surface area contributed by atoms with Gasteiger partial charge in [0.1, 0.15) is 22.8 Å². The molecule has 4 fully saturated rings. The van der Waals surface area contributed by atoms with Gasteiger partial charge in [0.15, 0.2) is 0 Å². The number of H-pyrrole nitrogens is 1. The van der Waals surface area contributed by atoms with E-state index in [9.17, 15) is 28.1 Å². The number of nitro benzene ring substituents is 1. The zero-order chi connectivity index (χ0) is 43.0. The average Bonchev–Trinajstić information content (AvgIpc) is 3.98. The Bertz CT molecular complexity index is 2600. The second-order valence-corrected chi connectivity index (χ2v) is 19.0. The quantitative estimate of drug-likeness (QED) is 0.0587. The summed E-state index contributed by atoms with van der Waals surface area (Å²) in [6.07, 6.45) is 10.5. The zero-order valence-electron chi connectivity index (χ0n) is 34.1. The fourth-order valence-corrected chi connectivity index (χ4v) is 10.8. The van der Waals surface area contributed by atoms with Crippen LogP contribution in [0.2, 0.25) is 5.02 Å². The van der Waals surface area contributed by atoms with Crippen molar-refractivity contribution in [2.45, 2.75) is 62.3 Å². The molecule has 4 aliphatic rings. The molecular weight excluding hydrogens is 834 g/mol. The highest BCUT2D eigenvalue weighted by Crippen LogP contribution is 2.59. The largest absolute Gasteiger partial charge is 0.455 e. The summed E-state index contributed by atoms with van der Waals surface area (Å²) in [6.45, 7) is 3.78. The molecule has 3 N–H and O–H groups in total. The van der Waals surface area contributed by atoms with Crippen molar-refractivity contribution in [1.29, 1.82) is 0 Å². The molecule has 1 unspecified atom stereocenters. The maximum Gasteiger partial charge on any atom is 0.293 e. The Hall–Kier alpha value is -5.71. The molecule has 17 heteroatoms. The summed E-state index contributed by atoms with van der Waals surface area (Å²) in [5.41, 5.74) is 1.94. The summed E-state index contributed by atoms with van der Waals surface area (Å²) in [7, 11) is -4.57. The molecular formula is C45H48ClN7O8S. The molecule has 3 aliphatic heterocycles. The van der Waals surface area contributed by atoms with Gasteiger partial charge in [-0.05, 0) is 104 Å².